The van der Waals surface area contributed by atoms with Crippen molar-refractivity contribution < 1.29 is 9.59 Å². The van der Waals surface area contributed by atoms with Gasteiger partial charge >= 0.3 is 0 Å². The third kappa shape index (κ3) is 2.71. The third-order valence-corrected chi connectivity index (χ3v) is 5.96. The maximum absolute atomic E-state index is 12.9. The van der Waals surface area contributed by atoms with E-state index in [0.717, 1.165) is 22.6 Å². The zero-order valence-electron chi connectivity index (χ0n) is 13.5. The van der Waals surface area contributed by atoms with Gasteiger partial charge in [-0.25, -0.2) is 0 Å². The fourth-order valence-corrected chi connectivity index (χ4v) is 4.60. The van der Waals surface area contributed by atoms with Crippen LogP contribution < -0.4 is 5.32 Å². The predicted octanol–water partition coefficient (Wildman–Crippen LogP) is 4.06. The lowest BCUT2D eigenvalue weighted by atomic mass is 9.75. The summed E-state index contributed by atoms with van der Waals surface area (Å²) in [6.07, 6.45) is 1.64. The molecule has 4 rings (SSSR count). The highest BCUT2D eigenvalue weighted by Gasteiger charge is 2.38. The maximum Gasteiger partial charge on any atom is 0.225 e. The number of Topliss-reactive ketones (excluding diaryl/α,β-unsaturated/α-hetero) is 1. The van der Waals surface area contributed by atoms with Crippen LogP contribution in [-0.2, 0) is 9.59 Å². The van der Waals surface area contributed by atoms with Crippen LogP contribution in [-0.4, -0.2) is 11.7 Å². The van der Waals surface area contributed by atoms with Gasteiger partial charge in [0.05, 0.1) is 0 Å². The van der Waals surface area contributed by atoms with Crippen molar-refractivity contribution in [1.29, 1.82) is 0 Å². The molecular weight excluding hydrogens is 318 g/mol. The van der Waals surface area contributed by atoms with Crippen LogP contribution in [0.15, 0.2) is 53.0 Å². The molecule has 0 saturated heterocycles. The number of hydrogen-bond donors (Lipinski definition) is 1. The number of carbonyl (C=O) groups excluding carboxylic acids is 2. The second-order valence-corrected chi connectivity index (χ2v) is 7.63. The van der Waals surface area contributed by atoms with E-state index in [2.05, 4.69) is 36.5 Å². The summed E-state index contributed by atoms with van der Waals surface area (Å²) in [6, 6.07) is 12.4. The number of thiophene rings is 1. The number of allylic oxidation sites excluding steroid dienone is 2. The molecule has 1 aliphatic carbocycles. The van der Waals surface area contributed by atoms with Crippen molar-refractivity contribution in [3.8, 4) is 0 Å². The molecule has 0 fully saturated rings. The first kappa shape index (κ1) is 15.3. The van der Waals surface area contributed by atoms with Crippen LogP contribution in [0.4, 0.5) is 0 Å². The number of aryl methyl sites for hydroxylation is 1. The van der Waals surface area contributed by atoms with Crippen molar-refractivity contribution in [2.24, 2.45) is 0 Å². The van der Waals surface area contributed by atoms with E-state index >= 15 is 0 Å². The first-order valence-electron chi connectivity index (χ1n) is 8.28. The Kier molecular flexibility index (Phi) is 3.85. The molecule has 2 atom stereocenters. The fourth-order valence-electron chi connectivity index (χ4n) is 3.77. The summed E-state index contributed by atoms with van der Waals surface area (Å²) >= 11 is 1.62. The molecule has 1 N–H and O–H groups in total. The topological polar surface area (TPSA) is 46.2 Å². The molecular formula is C20H19NO2S. The summed E-state index contributed by atoms with van der Waals surface area (Å²) in [5.41, 5.74) is 4.06. The number of ketones is 1. The molecule has 0 radical (unpaired) electrons. The molecule has 2 aromatic rings. The number of amides is 1. The second-order valence-electron chi connectivity index (χ2n) is 6.65. The Morgan fingerprint density at radius 3 is 2.54 bits per heavy atom. The molecule has 4 heteroatoms. The van der Waals surface area contributed by atoms with Gasteiger partial charge in [0, 0.05) is 34.9 Å². The average Bonchev–Trinajstić information content (AvgIpc) is 3.08. The molecule has 1 amide bonds. The van der Waals surface area contributed by atoms with Gasteiger partial charge in [0.2, 0.25) is 5.91 Å². The monoisotopic (exact) mass is 337 g/mol. The van der Waals surface area contributed by atoms with E-state index in [4.69, 9.17) is 0 Å². The Bertz CT molecular complexity index is 818. The minimum atomic E-state index is -0.0692. The van der Waals surface area contributed by atoms with Gasteiger partial charge < -0.3 is 5.32 Å². The molecule has 1 aliphatic heterocycles. The van der Waals surface area contributed by atoms with Crippen LogP contribution in [0.25, 0.3) is 0 Å². The van der Waals surface area contributed by atoms with Crippen molar-refractivity contribution in [3.05, 3.63) is 69.1 Å². The first-order chi connectivity index (χ1) is 11.6. The summed E-state index contributed by atoms with van der Waals surface area (Å²) in [4.78, 5) is 26.2. The lowest BCUT2D eigenvalue weighted by molar-refractivity contribution is -0.122. The number of benzene rings is 1. The quantitative estimate of drug-likeness (QED) is 0.898. The highest BCUT2D eigenvalue weighted by Crippen LogP contribution is 2.43. The lowest BCUT2D eigenvalue weighted by Gasteiger charge is -2.34. The zero-order valence-corrected chi connectivity index (χ0v) is 14.4. The van der Waals surface area contributed by atoms with Crippen molar-refractivity contribution >= 4 is 23.0 Å². The number of nitrogens with one attached hydrogen (secondary N) is 1. The average molecular weight is 337 g/mol. The normalized spacial score (nSPS) is 23.9. The Hall–Kier alpha value is -2.20. The van der Waals surface area contributed by atoms with Gasteiger partial charge in [-0.1, -0.05) is 35.9 Å². The van der Waals surface area contributed by atoms with E-state index in [0.29, 0.717) is 12.8 Å². The molecule has 24 heavy (non-hydrogen) atoms. The van der Waals surface area contributed by atoms with Crippen LogP contribution in [0.5, 0.6) is 0 Å². The summed E-state index contributed by atoms with van der Waals surface area (Å²) in [6.45, 7) is 2.06. The van der Waals surface area contributed by atoms with E-state index in [-0.39, 0.29) is 23.5 Å². The Balaban J connectivity index is 1.70. The van der Waals surface area contributed by atoms with Gasteiger partial charge in [-0.15, -0.1) is 11.3 Å². The molecule has 1 aromatic carbocycles. The molecule has 2 heterocycles. The summed E-state index contributed by atoms with van der Waals surface area (Å²) in [7, 11) is 0. The minimum absolute atomic E-state index is 0.0181. The zero-order chi connectivity index (χ0) is 16.7. The van der Waals surface area contributed by atoms with Crippen LogP contribution in [0.3, 0.4) is 0 Å². The predicted molar refractivity (Wildman–Crippen MR) is 95.0 cm³/mol. The van der Waals surface area contributed by atoms with Crippen molar-refractivity contribution in [2.45, 2.75) is 38.0 Å². The SMILES string of the molecule is Cc1ccc([C@@H]2CC(=O)C3=C(C2)NC(=O)C[C@H]3c2cccs2)cc1. The third-order valence-electron chi connectivity index (χ3n) is 4.97. The Morgan fingerprint density at radius 2 is 1.83 bits per heavy atom. The first-order valence-corrected chi connectivity index (χ1v) is 9.16. The van der Waals surface area contributed by atoms with E-state index in [1.807, 2.05) is 17.5 Å². The van der Waals surface area contributed by atoms with E-state index in [1.54, 1.807) is 11.3 Å². The van der Waals surface area contributed by atoms with Gasteiger partial charge in [0.25, 0.3) is 0 Å². The minimum Gasteiger partial charge on any atom is -0.329 e. The largest absolute Gasteiger partial charge is 0.329 e. The van der Waals surface area contributed by atoms with Crippen LogP contribution in [0.2, 0.25) is 0 Å². The molecule has 0 unspecified atom stereocenters. The van der Waals surface area contributed by atoms with E-state index in [9.17, 15) is 9.59 Å². The highest BCUT2D eigenvalue weighted by atomic mass is 32.1. The van der Waals surface area contributed by atoms with Gasteiger partial charge in [-0.05, 0) is 36.3 Å². The van der Waals surface area contributed by atoms with Crippen molar-refractivity contribution in [2.75, 3.05) is 0 Å². The Morgan fingerprint density at radius 1 is 1.04 bits per heavy atom. The van der Waals surface area contributed by atoms with Gasteiger partial charge in [0.15, 0.2) is 5.78 Å². The highest BCUT2D eigenvalue weighted by molar-refractivity contribution is 7.10. The molecule has 3 nitrogen and oxygen atoms in total. The molecule has 122 valence electrons. The molecule has 0 bridgehead atoms. The molecule has 0 spiro atoms. The van der Waals surface area contributed by atoms with Gasteiger partial charge in [0.1, 0.15) is 0 Å². The second kappa shape index (κ2) is 6.02. The van der Waals surface area contributed by atoms with Gasteiger partial charge in [-0.2, -0.15) is 0 Å². The summed E-state index contributed by atoms with van der Waals surface area (Å²) in [5, 5.41) is 4.98. The van der Waals surface area contributed by atoms with Crippen LogP contribution >= 0.6 is 11.3 Å². The molecule has 0 saturated carbocycles. The standard InChI is InChI=1S/C20H19NO2S/c1-12-4-6-13(7-5-12)14-9-16-20(17(22)10-14)15(11-19(23)21-16)18-3-2-8-24-18/h2-8,14-15H,9-11H2,1H3,(H,21,23)/t14-,15-/m0/s1. The fraction of sp³-hybridized carbons (Fsp3) is 0.300. The summed E-state index contributed by atoms with van der Waals surface area (Å²) < 4.78 is 0. The molecule has 2 aliphatic rings. The Labute approximate surface area is 145 Å². The number of rotatable bonds is 2. The van der Waals surface area contributed by atoms with E-state index in [1.165, 1.54) is 11.1 Å². The van der Waals surface area contributed by atoms with Gasteiger partial charge in [-0.3, -0.25) is 9.59 Å². The molecule has 1 aromatic heterocycles. The maximum atomic E-state index is 12.9. The van der Waals surface area contributed by atoms with E-state index < -0.39 is 0 Å². The van der Waals surface area contributed by atoms with Crippen molar-refractivity contribution in [3.63, 3.8) is 0 Å². The van der Waals surface area contributed by atoms with Crippen LogP contribution in [0, 0.1) is 6.92 Å². The smallest absolute Gasteiger partial charge is 0.225 e. The number of carbonyl (C=O) groups is 2. The lowest BCUT2D eigenvalue weighted by Crippen LogP contribution is -2.37. The van der Waals surface area contributed by atoms with Crippen molar-refractivity contribution in [1.82, 2.24) is 5.32 Å². The van der Waals surface area contributed by atoms with Crippen LogP contribution in [0.1, 0.15) is 47.1 Å². The summed E-state index contributed by atoms with van der Waals surface area (Å²) in [5.74, 6) is 0.282. The number of hydrogen-bond acceptors (Lipinski definition) is 3.